The lowest BCUT2D eigenvalue weighted by Gasteiger charge is -2.47. The maximum atomic E-state index is 13.3. The number of Topliss-reactive ketones (excluding diaryl/α,β-unsaturated/α-hetero) is 1. The smallest absolute Gasteiger partial charge is 0.185 e. The van der Waals surface area contributed by atoms with Crippen molar-refractivity contribution in [2.45, 2.75) is 53.0 Å². The molecule has 1 aromatic rings. The van der Waals surface area contributed by atoms with Gasteiger partial charge in [-0.25, -0.2) is 4.99 Å². The van der Waals surface area contributed by atoms with Crippen LogP contribution in [-0.4, -0.2) is 35.0 Å². The van der Waals surface area contributed by atoms with E-state index in [-0.39, 0.29) is 22.2 Å². The van der Waals surface area contributed by atoms with Crippen LogP contribution in [0.4, 0.5) is 5.69 Å². The van der Waals surface area contributed by atoms with Crippen LogP contribution in [0.15, 0.2) is 35.3 Å². The van der Waals surface area contributed by atoms with E-state index in [1.54, 1.807) is 0 Å². The van der Waals surface area contributed by atoms with Gasteiger partial charge in [-0.05, 0) is 38.1 Å². The van der Waals surface area contributed by atoms with Crippen molar-refractivity contribution in [3.8, 4) is 0 Å². The van der Waals surface area contributed by atoms with Gasteiger partial charge in [-0.1, -0.05) is 52.8 Å². The zero-order chi connectivity index (χ0) is 16.9. The second-order valence-corrected chi connectivity index (χ2v) is 7.61. The lowest BCUT2D eigenvalue weighted by atomic mass is 9.68. The first-order valence-corrected chi connectivity index (χ1v) is 8.79. The molecule has 0 amide bonds. The number of carbonyl (C=O) groups is 1. The molecule has 2 aliphatic carbocycles. The molecule has 3 rings (SSSR count). The van der Waals surface area contributed by atoms with Crippen molar-refractivity contribution in [1.29, 1.82) is 0 Å². The lowest BCUT2D eigenvalue weighted by molar-refractivity contribution is -0.123. The first-order chi connectivity index (χ1) is 10.8. The molecule has 0 aromatic heterocycles. The van der Waals surface area contributed by atoms with Crippen LogP contribution >= 0.6 is 0 Å². The lowest BCUT2D eigenvalue weighted by Crippen LogP contribution is -2.58. The minimum Gasteiger partial charge on any atom is -0.292 e. The molecule has 2 atom stereocenters. The van der Waals surface area contributed by atoms with Crippen molar-refractivity contribution in [1.82, 2.24) is 4.90 Å². The van der Waals surface area contributed by atoms with E-state index >= 15 is 0 Å². The predicted octanol–water partition coefficient (Wildman–Crippen LogP) is 4.25. The Kier molecular flexibility index (Phi) is 3.75. The van der Waals surface area contributed by atoms with E-state index < -0.39 is 0 Å². The summed E-state index contributed by atoms with van der Waals surface area (Å²) in [6.07, 6.45) is 1.98. The average molecular weight is 312 g/mol. The molecule has 0 spiro atoms. The van der Waals surface area contributed by atoms with Gasteiger partial charge in [-0.3, -0.25) is 9.69 Å². The van der Waals surface area contributed by atoms with E-state index in [1.165, 1.54) is 0 Å². The molecule has 2 bridgehead atoms. The Balaban J connectivity index is 2.22. The van der Waals surface area contributed by atoms with E-state index in [0.29, 0.717) is 0 Å². The van der Waals surface area contributed by atoms with Gasteiger partial charge in [-0.15, -0.1) is 0 Å². The molecule has 2 unspecified atom stereocenters. The first kappa shape index (κ1) is 16.4. The number of fused-ring (bicyclic) bond motifs is 2. The zero-order valence-corrected chi connectivity index (χ0v) is 15.0. The Morgan fingerprint density at radius 1 is 1.04 bits per heavy atom. The maximum absolute atomic E-state index is 13.3. The molecule has 0 aliphatic heterocycles. The minimum atomic E-state index is -0.302. The molecule has 2 fully saturated rings. The summed E-state index contributed by atoms with van der Waals surface area (Å²) in [4.78, 5) is 20.6. The van der Waals surface area contributed by atoms with Crippen molar-refractivity contribution in [3.05, 3.63) is 30.3 Å². The Bertz CT molecular complexity index is 645. The Morgan fingerprint density at radius 3 is 2.22 bits per heavy atom. The number of para-hydroxylation sites is 1. The monoisotopic (exact) mass is 312 g/mol. The topological polar surface area (TPSA) is 32.7 Å². The first-order valence-electron chi connectivity index (χ1n) is 8.79. The molecule has 0 heterocycles. The highest BCUT2D eigenvalue weighted by Gasteiger charge is 2.74. The Hall–Kier alpha value is -1.48. The van der Waals surface area contributed by atoms with Crippen LogP contribution in [0, 0.1) is 10.8 Å². The zero-order valence-electron chi connectivity index (χ0n) is 15.0. The second kappa shape index (κ2) is 5.27. The molecule has 0 N–H and O–H groups in total. The normalized spacial score (nSPS) is 33.8. The molecule has 3 heteroatoms. The largest absolute Gasteiger partial charge is 0.292 e. The van der Waals surface area contributed by atoms with Gasteiger partial charge in [0.1, 0.15) is 5.71 Å². The number of hydrogen-bond donors (Lipinski definition) is 0. The van der Waals surface area contributed by atoms with E-state index in [4.69, 9.17) is 4.99 Å². The van der Waals surface area contributed by atoms with Gasteiger partial charge in [0.25, 0.3) is 0 Å². The molecular weight excluding hydrogens is 284 g/mol. The third-order valence-corrected chi connectivity index (χ3v) is 6.81. The molecule has 0 saturated heterocycles. The third kappa shape index (κ3) is 1.86. The molecule has 3 nitrogen and oxygen atoms in total. The van der Waals surface area contributed by atoms with Crippen LogP contribution in [-0.2, 0) is 4.79 Å². The number of nitrogens with zero attached hydrogens (tertiary/aromatic N) is 2. The van der Waals surface area contributed by atoms with Crippen LogP contribution < -0.4 is 0 Å². The quantitative estimate of drug-likeness (QED) is 0.832. The standard InChI is InChI=1S/C20H28N2O/c1-6-22(7-2)20-14-13-19(5,18(20,3)4)17(23)16(20)21-15-11-9-8-10-12-15/h8-12H,6-7,13-14H2,1-5H3. The Labute approximate surface area is 139 Å². The molecule has 2 aliphatic rings. The van der Waals surface area contributed by atoms with Gasteiger partial charge in [0.05, 0.1) is 11.2 Å². The summed E-state index contributed by atoms with van der Waals surface area (Å²) in [6, 6.07) is 9.91. The van der Waals surface area contributed by atoms with Crippen molar-refractivity contribution < 1.29 is 4.79 Å². The molecule has 124 valence electrons. The van der Waals surface area contributed by atoms with Crippen LogP contribution in [0.25, 0.3) is 0 Å². The predicted molar refractivity (Wildman–Crippen MR) is 95.3 cm³/mol. The summed E-state index contributed by atoms with van der Waals surface area (Å²) >= 11 is 0. The summed E-state index contributed by atoms with van der Waals surface area (Å²) in [6.45, 7) is 12.9. The fraction of sp³-hybridized carbons (Fsp3) is 0.600. The van der Waals surface area contributed by atoms with Gasteiger partial charge in [-0.2, -0.15) is 0 Å². The van der Waals surface area contributed by atoms with Gasteiger partial charge in [0, 0.05) is 10.8 Å². The van der Waals surface area contributed by atoms with E-state index in [9.17, 15) is 4.79 Å². The summed E-state index contributed by atoms with van der Waals surface area (Å²) in [5.74, 6) is 0.254. The average Bonchev–Trinajstić information content (AvgIpc) is 2.82. The van der Waals surface area contributed by atoms with E-state index in [1.807, 2.05) is 30.3 Å². The van der Waals surface area contributed by atoms with Crippen molar-refractivity contribution in [2.24, 2.45) is 15.8 Å². The number of carbonyl (C=O) groups excluding carboxylic acids is 1. The fourth-order valence-corrected chi connectivity index (χ4v) is 5.01. The number of hydrogen-bond acceptors (Lipinski definition) is 3. The highest BCUT2D eigenvalue weighted by Crippen LogP contribution is 2.66. The van der Waals surface area contributed by atoms with Crippen LogP contribution in [0.2, 0.25) is 0 Å². The van der Waals surface area contributed by atoms with Gasteiger partial charge < -0.3 is 0 Å². The third-order valence-electron chi connectivity index (χ3n) is 6.81. The van der Waals surface area contributed by atoms with Crippen molar-refractivity contribution >= 4 is 17.2 Å². The van der Waals surface area contributed by atoms with Crippen LogP contribution in [0.3, 0.4) is 0 Å². The fourth-order valence-electron chi connectivity index (χ4n) is 5.01. The minimum absolute atomic E-state index is 0.100. The van der Waals surface area contributed by atoms with Gasteiger partial charge in [0.2, 0.25) is 0 Å². The van der Waals surface area contributed by atoms with Gasteiger partial charge >= 0.3 is 0 Å². The molecule has 23 heavy (non-hydrogen) atoms. The highest BCUT2D eigenvalue weighted by atomic mass is 16.1. The van der Waals surface area contributed by atoms with E-state index in [0.717, 1.165) is 37.3 Å². The second-order valence-electron chi connectivity index (χ2n) is 7.61. The van der Waals surface area contributed by atoms with Gasteiger partial charge in [0.15, 0.2) is 5.78 Å². The summed E-state index contributed by atoms with van der Waals surface area (Å²) in [5, 5.41) is 0. The van der Waals surface area contributed by atoms with E-state index in [2.05, 4.69) is 39.5 Å². The number of benzene rings is 1. The Morgan fingerprint density at radius 2 is 1.65 bits per heavy atom. The summed E-state index contributed by atoms with van der Waals surface area (Å²) < 4.78 is 0. The summed E-state index contributed by atoms with van der Waals surface area (Å²) in [5.41, 5.74) is 1.03. The molecule has 0 radical (unpaired) electrons. The number of rotatable bonds is 4. The molecule has 1 aromatic carbocycles. The molecular formula is C20H28N2O. The van der Waals surface area contributed by atoms with Crippen molar-refractivity contribution in [2.75, 3.05) is 13.1 Å². The van der Waals surface area contributed by atoms with Crippen LogP contribution in [0.1, 0.15) is 47.5 Å². The van der Waals surface area contributed by atoms with Crippen molar-refractivity contribution in [3.63, 3.8) is 0 Å². The summed E-state index contributed by atoms with van der Waals surface area (Å²) in [7, 11) is 0. The SMILES string of the molecule is CCN(CC)C12CCC(C)(C(=O)C1=Nc1ccccc1)C2(C)C. The maximum Gasteiger partial charge on any atom is 0.185 e. The number of aliphatic imine (C=N–C) groups is 1. The number of ketones is 1. The van der Waals surface area contributed by atoms with Crippen LogP contribution in [0.5, 0.6) is 0 Å². The highest BCUT2D eigenvalue weighted by molar-refractivity contribution is 6.49. The molecule has 2 saturated carbocycles.